The molecule has 1 aliphatic heterocycles. The number of fused-ring (bicyclic) bond motifs is 1. The van der Waals surface area contributed by atoms with Crippen molar-refractivity contribution in [3.63, 3.8) is 0 Å². The number of rotatable bonds is 4. The first-order valence-electron chi connectivity index (χ1n) is 8.56. The summed E-state index contributed by atoms with van der Waals surface area (Å²) in [6, 6.07) is 7.95. The van der Waals surface area contributed by atoms with Crippen molar-refractivity contribution in [2.24, 2.45) is 0 Å². The minimum absolute atomic E-state index is 0.417. The number of aromatic nitrogens is 4. The minimum Gasteiger partial charge on any atom is -0.378 e. The maximum atomic E-state index is 11.7. The molecule has 1 saturated heterocycles. The number of H-pyrrole nitrogens is 1. The first kappa shape index (κ1) is 17.1. The van der Waals surface area contributed by atoms with E-state index in [9.17, 15) is 4.21 Å². The Labute approximate surface area is 154 Å². The van der Waals surface area contributed by atoms with Gasteiger partial charge in [0.2, 0.25) is 0 Å². The maximum Gasteiger partial charge on any atom is 0.161 e. The lowest BCUT2D eigenvalue weighted by atomic mass is 10.1. The van der Waals surface area contributed by atoms with Gasteiger partial charge in [-0.05, 0) is 25.1 Å². The Morgan fingerprint density at radius 1 is 1.23 bits per heavy atom. The highest BCUT2D eigenvalue weighted by Crippen LogP contribution is 2.25. The predicted molar refractivity (Wildman–Crippen MR) is 103 cm³/mol. The summed E-state index contributed by atoms with van der Waals surface area (Å²) >= 11 is 0. The van der Waals surface area contributed by atoms with Crippen LogP contribution in [-0.2, 0) is 21.3 Å². The molecule has 1 unspecified atom stereocenters. The molecule has 26 heavy (non-hydrogen) atoms. The molecule has 0 bridgehead atoms. The van der Waals surface area contributed by atoms with Gasteiger partial charge in [-0.2, -0.15) is 5.10 Å². The average molecular weight is 371 g/mol. The van der Waals surface area contributed by atoms with Gasteiger partial charge in [0, 0.05) is 52.9 Å². The average Bonchev–Trinajstić information content (AvgIpc) is 3.02. The van der Waals surface area contributed by atoms with Crippen LogP contribution in [0.3, 0.4) is 0 Å². The summed E-state index contributed by atoms with van der Waals surface area (Å²) in [5.41, 5.74) is 3.66. The Hall–Kier alpha value is -2.32. The number of anilines is 1. The van der Waals surface area contributed by atoms with Crippen molar-refractivity contribution in [1.29, 1.82) is 0 Å². The number of aromatic amines is 1. The van der Waals surface area contributed by atoms with Gasteiger partial charge in [0.05, 0.1) is 30.2 Å². The number of hydrogen-bond acceptors (Lipinski definition) is 6. The largest absolute Gasteiger partial charge is 0.378 e. The number of hydrogen-bond donors (Lipinski definition) is 1. The highest BCUT2D eigenvalue weighted by atomic mass is 32.2. The first-order valence-corrected chi connectivity index (χ1v) is 10.3. The van der Waals surface area contributed by atoms with Crippen LogP contribution in [0.1, 0.15) is 11.4 Å². The van der Waals surface area contributed by atoms with Crippen LogP contribution in [0.4, 0.5) is 5.82 Å². The molecule has 1 aliphatic rings. The molecule has 136 valence electrons. The number of aryl methyl sites for hydroxylation is 1. The SMILES string of the molecule is Cc1[nH]nc2ccc(-c3nc(CS(C)=O)cc(N4CCOCC4)n3)cc12. The third-order valence-corrected chi connectivity index (χ3v) is 5.16. The zero-order chi connectivity index (χ0) is 18.1. The molecule has 1 N–H and O–H groups in total. The second-order valence-corrected chi connectivity index (χ2v) is 7.87. The predicted octanol–water partition coefficient (Wildman–Crippen LogP) is 2.04. The van der Waals surface area contributed by atoms with Gasteiger partial charge in [0.15, 0.2) is 5.82 Å². The van der Waals surface area contributed by atoms with E-state index in [1.807, 2.05) is 25.1 Å². The van der Waals surface area contributed by atoms with Crippen molar-refractivity contribution in [1.82, 2.24) is 20.2 Å². The topological polar surface area (TPSA) is 84.0 Å². The molecule has 1 fully saturated rings. The summed E-state index contributed by atoms with van der Waals surface area (Å²) in [4.78, 5) is 11.6. The zero-order valence-corrected chi connectivity index (χ0v) is 15.7. The van der Waals surface area contributed by atoms with E-state index in [0.29, 0.717) is 24.8 Å². The van der Waals surface area contributed by atoms with E-state index in [-0.39, 0.29) is 0 Å². The molecule has 2 aromatic heterocycles. The molecule has 7 nitrogen and oxygen atoms in total. The Balaban J connectivity index is 1.79. The molecule has 1 atom stereocenters. The second-order valence-electron chi connectivity index (χ2n) is 6.44. The lowest BCUT2D eigenvalue weighted by Crippen LogP contribution is -2.37. The van der Waals surface area contributed by atoms with Gasteiger partial charge >= 0.3 is 0 Å². The summed E-state index contributed by atoms with van der Waals surface area (Å²) in [6.07, 6.45) is 1.69. The smallest absolute Gasteiger partial charge is 0.161 e. The maximum absolute atomic E-state index is 11.7. The van der Waals surface area contributed by atoms with Crippen molar-refractivity contribution >= 4 is 27.5 Å². The number of morpholine rings is 1. The van der Waals surface area contributed by atoms with E-state index in [1.165, 1.54) is 0 Å². The van der Waals surface area contributed by atoms with E-state index in [2.05, 4.69) is 26.1 Å². The van der Waals surface area contributed by atoms with Gasteiger partial charge < -0.3 is 9.64 Å². The fourth-order valence-electron chi connectivity index (χ4n) is 3.13. The van der Waals surface area contributed by atoms with Gasteiger partial charge in [-0.15, -0.1) is 0 Å². The molecule has 1 aromatic carbocycles. The molecule has 0 aliphatic carbocycles. The van der Waals surface area contributed by atoms with Gasteiger partial charge in [-0.3, -0.25) is 9.31 Å². The molecule has 3 heterocycles. The van der Waals surface area contributed by atoms with Crippen molar-refractivity contribution in [3.8, 4) is 11.4 Å². The standard InChI is InChI=1S/C18H21N5O2S/c1-12-15-9-13(3-4-16(15)22-21-12)18-19-14(11-26(2)24)10-17(20-18)23-5-7-25-8-6-23/h3-4,9-10H,5-8,11H2,1-2H3,(H,21,22). The Morgan fingerprint density at radius 2 is 2.04 bits per heavy atom. The van der Waals surface area contributed by atoms with Crippen LogP contribution in [0.2, 0.25) is 0 Å². The van der Waals surface area contributed by atoms with Crippen LogP contribution in [0.5, 0.6) is 0 Å². The monoisotopic (exact) mass is 371 g/mol. The Morgan fingerprint density at radius 3 is 2.81 bits per heavy atom. The third kappa shape index (κ3) is 3.47. The van der Waals surface area contributed by atoms with Crippen LogP contribution in [-0.4, -0.2) is 56.9 Å². The van der Waals surface area contributed by atoms with Crippen LogP contribution in [0.25, 0.3) is 22.3 Å². The molecule has 0 amide bonds. The van der Waals surface area contributed by atoms with Gasteiger partial charge in [0.1, 0.15) is 5.82 Å². The molecule has 0 saturated carbocycles. The van der Waals surface area contributed by atoms with Crippen LogP contribution < -0.4 is 4.90 Å². The summed E-state index contributed by atoms with van der Waals surface area (Å²) in [5, 5.41) is 8.33. The first-order chi connectivity index (χ1) is 12.6. The lowest BCUT2D eigenvalue weighted by Gasteiger charge is -2.28. The molecular formula is C18H21N5O2S. The normalized spacial score (nSPS) is 16.2. The fourth-order valence-corrected chi connectivity index (χ4v) is 3.69. The van der Waals surface area contributed by atoms with Crippen molar-refractivity contribution < 1.29 is 8.95 Å². The van der Waals surface area contributed by atoms with E-state index >= 15 is 0 Å². The summed E-state index contributed by atoms with van der Waals surface area (Å²) < 4.78 is 17.2. The number of nitrogens with zero attached hydrogens (tertiary/aromatic N) is 4. The van der Waals surface area contributed by atoms with E-state index < -0.39 is 10.8 Å². The van der Waals surface area contributed by atoms with Gasteiger partial charge in [-0.25, -0.2) is 9.97 Å². The Bertz CT molecular complexity index is 965. The highest BCUT2D eigenvalue weighted by Gasteiger charge is 2.16. The van der Waals surface area contributed by atoms with Crippen LogP contribution in [0.15, 0.2) is 24.3 Å². The van der Waals surface area contributed by atoms with Crippen molar-refractivity contribution in [2.45, 2.75) is 12.7 Å². The quantitative estimate of drug-likeness (QED) is 0.756. The number of ether oxygens (including phenoxy) is 1. The molecule has 0 radical (unpaired) electrons. The summed E-state index contributed by atoms with van der Waals surface area (Å²) in [6.45, 7) is 4.97. The van der Waals surface area contributed by atoms with Crippen LogP contribution >= 0.6 is 0 Å². The summed E-state index contributed by atoms with van der Waals surface area (Å²) in [7, 11) is -0.962. The van der Waals surface area contributed by atoms with E-state index in [1.54, 1.807) is 6.26 Å². The molecule has 4 rings (SSSR count). The molecular weight excluding hydrogens is 350 g/mol. The second kappa shape index (κ2) is 7.13. The molecule has 0 spiro atoms. The van der Waals surface area contributed by atoms with E-state index in [4.69, 9.17) is 9.72 Å². The van der Waals surface area contributed by atoms with Crippen molar-refractivity contribution in [2.75, 3.05) is 37.5 Å². The van der Waals surface area contributed by atoms with Gasteiger partial charge in [0.25, 0.3) is 0 Å². The zero-order valence-electron chi connectivity index (χ0n) is 14.9. The van der Waals surface area contributed by atoms with Crippen LogP contribution in [0, 0.1) is 6.92 Å². The molecule has 8 heteroatoms. The van der Waals surface area contributed by atoms with Crippen molar-refractivity contribution in [3.05, 3.63) is 35.7 Å². The Kier molecular flexibility index (Phi) is 4.69. The number of nitrogens with one attached hydrogen (secondary N) is 1. The third-order valence-electron chi connectivity index (χ3n) is 4.45. The number of benzene rings is 1. The molecule has 3 aromatic rings. The fraction of sp³-hybridized carbons (Fsp3) is 0.389. The highest BCUT2D eigenvalue weighted by molar-refractivity contribution is 7.83. The summed E-state index contributed by atoms with van der Waals surface area (Å²) in [5.74, 6) is 1.93. The lowest BCUT2D eigenvalue weighted by molar-refractivity contribution is 0.122. The van der Waals surface area contributed by atoms with E-state index in [0.717, 1.165) is 46.8 Å². The van der Waals surface area contributed by atoms with Gasteiger partial charge in [-0.1, -0.05) is 0 Å². The minimum atomic E-state index is -0.962.